The second-order valence-electron chi connectivity index (χ2n) is 3.98. The van der Waals surface area contributed by atoms with Crippen LogP contribution in [-0.2, 0) is 16.0 Å². The Morgan fingerprint density at radius 2 is 1.88 bits per heavy atom. The molecule has 0 saturated heterocycles. The third-order valence-electron chi connectivity index (χ3n) is 2.70. The predicted molar refractivity (Wildman–Crippen MR) is 63.2 cm³/mol. The van der Waals surface area contributed by atoms with Crippen LogP contribution in [0.3, 0.4) is 0 Å². The number of hydrogen-bond donors (Lipinski definition) is 1. The van der Waals surface area contributed by atoms with E-state index >= 15 is 0 Å². The summed E-state index contributed by atoms with van der Waals surface area (Å²) in [6, 6.07) is 3.60. The second-order valence-corrected chi connectivity index (χ2v) is 3.98. The lowest BCUT2D eigenvalue weighted by Gasteiger charge is -2.10. The summed E-state index contributed by atoms with van der Waals surface area (Å²) in [6.07, 6.45) is 0.482. The van der Waals surface area contributed by atoms with E-state index in [9.17, 15) is 9.59 Å². The van der Waals surface area contributed by atoms with Crippen molar-refractivity contribution in [1.29, 1.82) is 0 Å². The normalized spacial score (nSPS) is 10.1. The molecule has 1 rings (SSSR count). The first kappa shape index (κ1) is 13.2. The van der Waals surface area contributed by atoms with Crippen molar-refractivity contribution in [2.24, 2.45) is 0 Å². The lowest BCUT2D eigenvalue weighted by molar-refractivity contribution is -0.136. The zero-order valence-electron chi connectivity index (χ0n) is 10.2. The predicted octanol–water partition coefficient (Wildman–Crippen LogP) is 2.11. The van der Waals surface area contributed by atoms with Crippen molar-refractivity contribution in [3.63, 3.8) is 0 Å². The monoisotopic (exact) mass is 236 g/mol. The van der Waals surface area contributed by atoms with Gasteiger partial charge in [-0.15, -0.1) is 0 Å². The summed E-state index contributed by atoms with van der Waals surface area (Å²) in [5, 5.41) is 8.65. The summed E-state index contributed by atoms with van der Waals surface area (Å²) in [5.41, 5.74) is 3.21. The van der Waals surface area contributed by atoms with E-state index in [2.05, 4.69) is 4.74 Å². The molecule has 0 bridgehead atoms. The molecule has 0 unspecified atom stereocenters. The molecular formula is C13H16O4. The van der Waals surface area contributed by atoms with Gasteiger partial charge in [0.15, 0.2) is 0 Å². The van der Waals surface area contributed by atoms with Crippen LogP contribution in [0.15, 0.2) is 12.1 Å². The smallest absolute Gasteiger partial charge is 0.338 e. The number of carboxylic acid groups (broad SMARTS) is 1. The fraction of sp³-hybridized carbons (Fsp3) is 0.385. The van der Waals surface area contributed by atoms with Gasteiger partial charge in [0.05, 0.1) is 12.7 Å². The van der Waals surface area contributed by atoms with Crippen molar-refractivity contribution in [1.82, 2.24) is 0 Å². The minimum atomic E-state index is -0.843. The first-order valence-electron chi connectivity index (χ1n) is 5.36. The number of carbonyl (C=O) groups excluding carboxylic acids is 1. The Balaban J connectivity index is 3.05. The first-order valence-corrected chi connectivity index (χ1v) is 5.36. The highest BCUT2D eigenvalue weighted by molar-refractivity contribution is 5.91. The fourth-order valence-corrected chi connectivity index (χ4v) is 1.74. The molecule has 17 heavy (non-hydrogen) atoms. The maximum atomic E-state index is 11.5. The Kier molecular flexibility index (Phi) is 4.26. The number of carbonyl (C=O) groups is 2. The molecule has 0 heterocycles. The van der Waals surface area contributed by atoms with Crippen molar-refractivity contribution in [2.75, 3.05) is 7.11 Å². The average Bonchev–Trinajstić information content (AvgIpc) is 2.26. The van der Waals surface area contributed by atoms with Gasteiger partial charge in [-0.2, -0.15) is 0 Å². The van der Waals surface area contributed by atoms with Gasteiger partial charge in [-0.1, -0.05) is 6.07 Å². The molecule has 0 amide bonds. The fourth-order valence-electron chi connectivity index (χ4n) is 1.74. The SMILES string of the molecule is COC(=O)c1cc(CCC(=O)O)c(C)cc1C. The molecule has 0 fully saturated rings. The molecule has 0 radical (unpaired) electrons. The van der Waals surface area contributed by atoms with Gasteiger partial charge in [0.25, 0.3) is 0 Å². The summed E-state index contributed by atoms with van der Waals surface area (Å²) in [5.74, 6) is -1.23. The van der Waals surface area contributed by atoms with Gasteiger partial charge < -0.3 is 9.84 Å². The molecule has 0 atom stereocenters. The third kappa shape index (κ3) is 3.31. The maximum absolute atomic E-state index is 11.5. The molecule has 0 spiro atoms. The zero-order valence-corrected chi connectivity index (χ0v) is 10.2. The molecule has 1 N–H and O–H groups in total. The number of carboxylic acids is 1. The number of rotatable bonds is 4. The van der Waals surface area contributed by atoms with Crippen LogP contribution in [0, 0.1) is 13.8 Å². The lowest BCUT2D eigenvalue weighted by Crippen LogP contribution is -2.07. The van der Waals surface area contributed by atoms with E-state index in [0.717, 1.165) is 16.7 Å². The van der Waals surface area contributed by atoms with E-state index < -0.39 is 5.97 Å². The van der Waals surface area contributed by atoms with Crippen molar-refractivity contribution < 1.29 is 19.4 Å². The van der Waals surface area contributed by atoms with Crippen molar-refractivity contribution in [3.05, 3.63) is 34.4 Å². The summed E-state index contributed by atoms with van der Waals surface area (Å²) >= 11 is 0. The quantitative estimate of drug-likeness (QED) is 0.813. The number of aliphatic carboxylic acids is 1. The van der Waals surface area contributed by atoms with E-state index in [1.54, 1.807) is 6.07 Å². The number of aryl methyl sites for hydroxylation is 3. The lowest BCUT2D eigenvalue weighted by atomic mass is 9.97. The van der Waals surface area contributed by atoms with E-state index in [1.165, 1.54) is 7.11 Å². The summed E-state index contributed by atoms with van der Waals surface area (Å²) < 4.78 is 4.68. The van der Waals surface area contributed by atoms with Gasteiger partial charge in [-0.05, 0) is 43.0 Å². The van der Waals surface area contributed by atoms with Gasteiger partial charge >= 0.3 is 11.9 Å². The summed E-state index contributed by atoms with van der Waals surface area (Å²) in [4.78, 5) is 22.0. The minimum absolute atomic E-state index is 0.0600. The topological polar surface area (TPSA) is 63.6 Å². The van der Waals surface area contributed by atoms with Gasteiger partial charge in [-0.3, -0.25) is 4.79 Å². The highest BCUT2D eigenvalue weighted by atomic mass is 16.5. The Labute approximate surface area is 100 Å². The van der Waals surface area contributed by atoms with E-state index in [-0.39, 0.29) is 12.4 Å². The molecule has 1 aromatic rings. The molecule has 4 heteroatoms. The van der Waals surface area contributed by atoms with Crippen molar-refractivity contribution in [2.45, 2.75) is 26.7 Å². The highest BCUT2D eigenvalue weighted by Crippen LogP contribution is 2.18. The van der Waals surface area contributed by atoms with Crippen LogP contribution in [-0.4, -0.2) is 24.2 Å². The summed E-state index contributed by atoms with van der Waals surface area (Å²) in [6.45, 7) is 3.74. The average molecular weight is 236 g/mol. The maximum Gasteiger partial charge on any atom is 0.338 e. The van der Waals surface area contributed by atoms with Gasteiger partial charge in [0.2, 0.25) is 0 Å². The van der Waals surface area contributed by atoms with Crippen LogP contribution in [0.25, 0.3) is 0 Å². The molecule has 4 nitrogen and oxygen atoms in total. The molecule has 0 aliphatic carbocycles. The number of hydrogen-bond acceptors (Lipinski definition) is 3. The molecule has 0 saturated carbocycles. The first-order chi connectivity index (χ1) is 7.95. The molecule has 92 valence electrons. The molecule has 0 aliphatic rings. The molecular weight excluding hydrogens is 220 g/mol. The molecule has 1 aromatic carbocycles. The molecule has 0 aromatic heterocycles. The Hall–Kier alpha value is -1.84. The van der Waals surface area contributed by atoms with E-state index in [0.29, 0.717) is 12.0 Å². The largest absolute Gasteiger partial charge is 0.481 e. The standard InChI is InChI=1S/C13H16O4/c1-8-6-9(2)11(13(16)17-3)7-10(8)4-5-12(14)15/h6-7H,4-5H2,1-3H3,(H,14,15). The number of ether oxygens (including phenoxy) is 1. The summed E-state index contributed by atoms with van der Waals surface area (Å²) in [7, 11) is 1.33. The van der Waals surface area contributed by atoms with Gasteiger partial charge in [0.1, 0.15) is 0 Å². The van der Waals surface area contributed by atoms with Crippen LogP contribution in [0.1, 0.15) is 33.5 Å². The third-order valence-corrected chi connectivity index (χ3v) is 2.70. The van der Waals surface area contributed by atoms with Crippen LogP contribution in [0.4, 0.5) is 0 Å². The van der Waals surface area contributed by atoms with Crippen LogP contribution < -0.4 is 0 Å². The Morgan fingerprint density at radius 1 is 1.24 bits per heavy atom. The number of esters is 1. The second kappa shape index (κ2) is 5.48. The van der Waals surface area contributed by atoms with Crippen LogP contribution in [0.2, 0.25) is 0 Å². The Bertz CT molecular complexity index is 449. The highest BCUT2D eigenvalue weighted by Gasteiger charge is 2.12. The van der Waals surface area contributed by atoms with Gasteiger partial charge in [0, 0.05) is 6.42 Å². The van der Waals surface area contributed by atoms with Crippen LogP contribution in [0.5, 0.6) is 0 Å². The van der Waals surface area contributed by atoms with Crippen molar-refractivity contribution in [3.8, 4) is 0 Å². The number of benzene rings is 1. The van der Waals surface area contributed by atoms with E-state index in [4.69, 9.17) is 5.11 Å². The van der Waals surface area contributed by atoms with Gasteiger partial charge in [-0.25, -0.2) is 4.79 Å². The Morgan fingerprint density at radius 3 is 2.41 bits per heavy atom. The zero-order chi connectivity index (χ0) is 13.0. The van der Waals surface area contributed by atoms with Crippen LogP contribution >= 0.6 is 0 Å². The van der Waals surface area contributed by atoms with Crippen molar-refractivity contribution >= 4 is 11.9 Å². The molecule has 0 aliphatic heterocycles. The minimum Gasteiger partial charge on any atom is -0.481 e. The number of methoxy groups -OCH3 is 1. The van der Waals surface area contributed by atoms with E-state index in [1.807, 2.05) is 19.9 Å².